The lowest BCUT2D eigenvalue weighted by molar-refractivity contribution is -0.124. The number of hydrogen-bond donors (Lipinski definition) is 2. The zero-order valence-electron chi connectivity index (χ0n) is 7.59. The van der Waals surface area contributed by atoms with E-state index in [1.165, 1.54) is 0 Å². The van der Waals surface area contributed by atoms with Crippen molar-refractivity contribution in [2.24, 2.45) is 4.99 Å². The molecule has 2 N–H and O–H groups in total. The highest BCUT2D eigenvalue weighted by Crippen LogP contribution is 2.29. The Hall–Kier alpha value is -0.710. The van der Waals surface area contributed by atoms with Gasteiger partial charge in [-0.3, -0.25) is 15.1 Å². The third kappa shape index (κ3) is 1.41. The monoisotopic (exact) mass is 199 g/mol. The Kier molecular flexibility index (Phi) is 2.19. The smallest absolute Gasteiger partial charge is 0.252 e. The summed E-state index contributed by atoms with van der Waals surface area (Å²) in [5.74, 6) is 2.82. The van der Waals surface area contributed by atoms with E-state index in [4.69, 9.17) is 0 Å². The number of rotatable bonds is 0. The highest BCUT2D eigenvalue weighted by atomic mass is 32.2. The Balaban J connectivity index is 2.18. The number of carbonyl (C=O) groups excluding carboxylic acids is 1. The van der Waals surface area contributed by atoms with Crippen LogP contribution in [0.2, 0.25) is 0 Å². The summed E-state index contributed by atoms with van der Waals surface area (Å²) in [4.78, 5) is 15.6. The Labute approximate surface area is 81.6 Å². The summed E-state index contributed by atoms with van der Waals surface area (Å²) in [6.45, 7) is 0. The first-order valence-corrected chi connectivity index (χ1v) is 5.56. The predicted molar refractivity (Wildman–Crippen MR) is 53.9 cm³/mol. The van der Waals surface area contributed by atoms with E-state index in [1.807, 2.05) is 11.8 Å². The van der Waals surface area contributed by atoms with Crippen LogP contribution in [0.25, 0.3) is 0 Å². The van der Waals surface area contributed by atoms with Crippen LogP contribution in [0.1, 0.15) is 12.8 Å². The summed E-state index contributed by atoms with van der Waals surface area (Å²) in [6.07, 6.45) is 1.81. The molecule has 1 amide bonds. The topological polar surface area (TPSA) is 53.5 Å². The first kappa shape index (κ1) is 8.87. The van der Waals surface area contributed by atoms with Gasteiger partial charge in [0, 0.05) is 7.05 Å². The molecule has 2 heterocycles. The lowest BCUT2D eigenvalue weighted by Gasteiger charge is -2.29. The molecule has 5 heteroatoms. The normalized spacial score (nSPS) is 29.0. The van der Waals surface area contributed by atoms with Crippen molar-refractivity contribution in [3.8, 4) is 0 Å². The third-order valence-corrected chi connectivity index (χ3v) is 3.58. The van der Waals surface area contributed by atoms with Gasteiger partial charge in [-0.25, -0.2) is 0 Å². The van der Waals surface area contributed by atoms with E-state index in [0.717, 1.165) is 24.3 Å². The van der Waals surface area contributed by atoms with Crippen LogP contribution in [0.4, 0.5) is 0 Å². The molecule has 0 aromatic rings. The second-order valence-corrected chi connectivity index (χ2v) is 4.57. The van der Waals surface area contributed by atoms with E-state index < -0.39 is 0 Å². The lowest BCUT2D eigenvalue weighted by Crippen LogP contribution is -2.49. The van der Waals surface area contributed by atoms with E-state index in [1.54, 1.807) is 7.05 Å². The molecular formula is C8H13N3OS. The minimum absolute atomic E-state index is 0.0911. The average Bonchev–Trinajstić information content (AvgIpc) is 2.45. The van der Waals surface area contributed by atoms with Crippen molar-refractivity contribution >= 4 is 23.6 Å². The van der Waals surface area contributed by atoms with Gasteiger partial charge in [0.1, 0.15) is 5.54 Å². The summed E-state index contributed by atoms with van der Waals surface area (Å²) in [7, 11) is 1.68. The predicted octanol–water partition coefficient (Wildman–Crippen LogP) is -0.0426. The molecule has 0 atom stereocenters. The van der Waals surface area contributed by atoms with Gasteiger partial charge < -0.3 is 5.32 Å². The Morgan fingerprint density at radius 3 is 2.69 bits per heavy atom. The highest BCUT2D eigenvalue weighted by molar-refractivity contribution is 7.99. The van der Waals surface area contributed by atoms with E-state index in [0.29, 0.717) is 5.96 Å². The van der Waals surface area contributed by atoms with Crippen LogP contribution in [0.5, 0.6) is 0 Å². The van der Waals surface area contributed by atoms with Crippen molar-refractivity contribution < 1.29 is 4.79 Å². The second-order valence-electron chi connectivity index (χ2n) is 3.35. The fourth-order valence-electron chi connectivity index (χ4n) is 1.73. The van der Waals surface area contributed by atoms with Gasteiger partial charge in [0.25, 0.3) is 5.91 Å². The first-order valence-electron chi connectivity index (χ1n) is 4.41. The van der Waals surface area contributed by atoms with Crippen molar-refractivity contribution in [1.29, 1.82) is 0 Å². The maximum atomic E-state index is 11.7. The van der Waals surface area contributed by atoms with Crippen LogP contribution >= 0.6 is 11.8 Å². The van der Waals surface area contributed by atoms with Crippen molar-refractivity contribution in [2.45, 2.75) is 18.4 Å². The quantitative estimate of drug-likeness (QED) is 0.575. The molecule has 0 saturated carbocycles. The maximum Gasteiger partial charge on any atom is 0.252 e. The summed E-state index contributed by atoms with van der Waals surface area (Å²) in [5.41, 5.74) is -0.347. The Morgan fingerprint density at radius 1 is 1.46 bits per heavy atom. The molecule has 0 radical (unpaired) electrons. The molecule has 2 aliphatic heterocycles. The summed E-state index contributed by atoms with van der Waals surface area (Å²) >= 11 is 1.91. The van der Waals surface area contributed by atoms with Gasteiger partial charge in [0.05, 0.1) is 0 Å². The average molecular weight is 199 g/mol. The van der Waals surface area contributed by atoms with Crippen LogP contribution in [0.15, 0.2) is 4.99 Å². The van der Waals surface area contributed by atoms with E-state index in [2.05, 4.69) is 15.6 Å². The first-order chi connectivity index (χ1) is 6.27. The van der Waals surface area contributed by atoms with Crippen LogP contribution in [0, 0.1) is 0 Å². The van der Waals surface area contributed by atoms with Gasteiger partial charge in [-0.2, -0.15) is 11.8 Å². The van der Waals surface area contributed by atoms with E-state index >= 15 is 0 Å². The third-order valence-electron chi connectivity index (χ3n) is 2.59. The summed E-state index contributed by atoms with van der Waals surface area (Å²) < 4.78 is 0. The number of amides is 1. The number of guanidine groups is 1. The molecule has 1 spiro atoms. The van der Waals surface area contributed by atoms with Crippen molar-refractivity contribution in [1.82, 2.24) is 10.6 Å². The molecule has 2 saturated heterocycles. The summed E-state index contributed by atoms with van der Waals surface area (Å²) in [6, 6.07) is 0. The van der Waals surface area contributed by atoms with Gasteiger partial charge in [-0.05, 0) is 24.3 Å². The number of hydrogen-bond acceptors (Lipinski definition) is 3. The van der Waals surface area contributed by atoms with Gasteiger partial charge in [0.15, 0.2) is 5.96 Å². The zero-order valence-corrected chi connectivity index (χ0v) is 8.41. The van der Waals surface area contributed by atoms with Crippen LogP contribution in [-0.2, 0) is 4.79 Å². The molecule has 0 unspecified atom stereocenters. The van der Waals surface area contributed by atoms with Crippen LogP contribution in [0.3, 0.4) is 0 Å². The lowest BCUT2D eigenvalue weighted by atomic mass is 9.93. The van der Waals surface area contributed by atoms with Crippen molar-refractivity contribution in [2.75, 3.05) is 18.6 Å². The summed E-state index contributed by atoms with van der Waals surface area (Å²) in [5, 5.41) is 5.94. The van der Waals surface area contributed by atoms with Gasteiger partial charge in [0.2, 0.25) is 0 Å². The standard InChI is InChI=1S/C8H13N3OS/c1-9-7-10-6(12)8(11-7)2-4-13-5-3-8/h2-5H2,1H3,(H2,9,10,11,12). The Bertz CT molecular complexity index is 258. The fraction of sp³-hybridized carbons (Fsp3) is 0.750. The van der Waals surface area contributed by atoms with Crippen molar-refractivity contribution in [3.05, 3.63) is 0 Å². The number of nitrogens with zero attached hydrogens (tertiary/aromatic N) is 1. The maximum absolute atomic E-state index is 11.7. The molecule has 4 nitrogen and oxygen atoms in total. The van der Waals surface area contributed by atoms with Gasteiger partial charge in [-0.1, -0.05) is 0 Å². The molecule has 0 bridgehead atoms. The second kappa shape index (κ2) is 3.21. The molecule has 2 aliphatic rings. The van der Waals surface area contributed by atoms with Crippen molar-refractivity contribution in [3.63, 3.8) is 0 Å². The minimum atomic E-state index is -0.347. The van der Waals surface area contributed by atoms with Crippen LogP contribution < -0.4 is 10.6 Å². The molecule has 0 aromatic carbocycles. The largest absolute Gasteiger partial charge is 0.342 e. The minimum Gasteiger partial charge on any atom is -0.342 e. The molecule has 2 fully saturated rings. The number of nitrogens with one attached hydrogen (secondary N) is 2. The molecule has 13 heavy (non-hydrogen) atoms. The molecule has 72 valence electrons. The molecule has 2 rings (SSSR count). The SMILES string of the molecule is CN=C1NC(=O)C2(CCSCC2)N1. The Morgan fingerprint density at radius 2 is 2.15 bits per heavy atom. The fourth-order valence-corrected chi connectivity index (χ4v) is 2.92. The van der Waals surface area contributed by atoms with Crippen LogP contribution in [-0.4, -0.2) is 36.0 Å². The van der Waals surface area contributed by atoms with Gasteiger partial charge >= 0.3 is 0 Å². The zero-order chi connectivity index (χ0) is 9.31. The molecule has 0 aromatic heterocycles. The highest BCUT2D eigenvalue weighted by Gasteiger charge is 2.45. The number of carbonyl (C=O) groups is 1. The number of aliphatic imine (C=N–C) groups is 1. The van der Waals surface area contributed by atoms with Gasteiger partial charge in [-0.15, -0.1) is 0 Å². The molecular weight excluding hydrogens is 186 g/mol. The number of thioether (sulfide) groups is 1. The van der Waals surface area contributed by atoms with E-state index in [9.17, 15) is 4.79 Å². The molecule has 0 aliphatic carbocycles. The van der Waals surface area contributed by atoms with E-state index in [-0.39, 0.29) is 11.4 Å².